The number of benzene rings is 12. The summed E-state index contributed by atoms with van der Waals surface area (Å²) in [6.07, 6.45) is 0. The van der Waals surface area contributed by atoms with Crippen LogP contribution in [0.25, 0.3) is 99.5 Å². The summed E-state index contributed by atoms with van der Waals surface area (Å²) in [6, 6.07) is 112. The molecule has 0 fully saturated rings. The van der Waals surface area contributed by atoms with Crippen LogP contribution in [0.15, 0.2) is 303 Å². The van der Waals surface area contributed by atoms with E-state index in [4.69, 9.17) is 0 Å². The number of aromatic nitrogens is 2. The van der Waals surface area contributed by atoms with Crippen molar-refractivity contribution in [3.63, 3.8) is 0 Å². The van der Waals surface area contributed by atoms with E-state index in [1.54, 1.807) is 0 Å². The zero-order valence-corrected chi connectivity index (χ0v) is 42.3. The lowest BCUT2D eigenvalue weighted by atomic mass is 9.99. The molecule has 0 spiro atoms. The fourth-order valence-electron chi connectivity index (χ4n) is 12.0. The second-order valence-corrected chi connectivity index (χ2v) is 23.4. The van der Waals surface area contributed by atoms with E-state index < -0.39 is 8.07 Å². The predicted molar refractivity (Wildman–Crippen MR) is 320 cm³/mol. The summed E-state index contributed by atoms with van der Waals surface area (Å²) in [5.41, 5.74) is 16.6. The van der Waals surface area contributed by atoms with Crippen molar-refractivity contribution in [2.45, 2.75) is 0 Å². The van der Waals surface area contributed by atoms with E-state index in [1.165, 1.54) is 109 Å². The Morgan fingerprint density at radius 2 is 0.480 bits per heavy atom. The highest BCUT2D eigenvalue weighted by atomic mass is 28.3. The Morgan fingerprint density at radius 1 is 0.187 bits per heavy atom. The van der Waals surface area contributed by atoms with E-state index in [-0.39, 0.29) is 0 Å². The van der Waals surface area contributed by atoms with Gasteiger partial charge >= 0.3 is 0 Å². The summed E-state index contributed by atoms with van der Waals surface area (Å²) in [5.74, 6) is 0. The van der Waals surface area contributed by atoms with Gasteiger partial charge < -0.3 is 9.13 Å². The minimum absolute atomic E-state index is 1.13. The van der Waals surface area contributed by atoms with Crippen LogP contribution in [0.5, 0.6) is 0 Å². The third kappa shape index (κ3) is 7.55. The molecule has 0 aliphatic heterocycles. The van der Waals surface area contributed by atoms with Crippen LogP contribution in [-0.4, -0.2) is 17.2 Å². The Morgan fingerprint density at radius 3 is 0.907 bits per heavy atom. The van der Waals surface area contributed by atoms with E-state index >= 15 is 0 Å². The minimum atomic E-state index is -2.75. The van der Waals surface area contributed by atoms with Crippen LogP contribution in [0.2, 0.25) is 0 Å². The van der Waals surface area contributed by atoms with Gasteiger partial charge in [-0.25, -0.2) is 0 Å². The van der Waals surface area contributed by atoms with Crippen molar-refractivity contribution in [3.8, 4) is 55.9 Å². The van der Waals surface area contributed by atoms with Gasteiger partial charge in [-0.2, -0.15) is 0 Å². The fourth-order valence-corrected chi connectivity index (χ4v) is 16.8. The standard InChI is InChI=1S/C72H50N2Si/c1-6-19-51(20-7-1)53-33-40-59(41-34-53)73-69-32-17-16-31-65(69)66-48-57(38-44-70(66)73)58-39-46-72-68(50-58)67-49-56(37-45-71(67)74(72)60-42-35-54(36-43-60)52-21-8-2-9-22-52)55-23-18-30-64(47-55)75(61-24-10-3-11-25-61,62-26-12-4-13-27-62)63-28-14-5-15-29-63/h1-50H. The normalized spacial score (nSPS) is 11.7. The molecule has 3 heteroatoms. The Balaban J connectivity index is 0.932. The number of para-hydroxylation sites is 1. The first-order chi connectivity index (χ1) is 37.2. The zero-order chi connectivity index (χ0) is 49.7. The minimum Gasteiger partial charge on any atom is -0.309 e. The van der Waals surface area contributed by atoms with Crippen molar-refractivity contribution in [1.29, 1.82) is 0 Å². The summed E-state index contributed by atoms with van der Waals surface area (Å²) in [5, 5.41) is 10.4. The topological polar surface area (TPSA) is 9.86 Å². The molecular formula is C72H50N2Si. The second-order valence-electron chi connectivity index (χ2n) is 19.6. The van der Waals surface area contributed by atoms with E-state index in [0.29, 0.717) is 0 Å². The molecule has 2 nitrogen and oxygen atoms in total. The van der Waals surface area contributed by atoms with Crippen LogP contribution in [-0.2, 0) is 0 Å². The molecule has 0 radical (unpaired) electrons. The quantitative estimate of drug-likeness (QED) is 0.0955. The molecule has 0 N–H and O–H groups in total. The molecule has 0 atom stereocenters. The number of nitrogens with zero attached hydrogens (tertiary/aromatic N) is 2. The molecule has 0 saturated heterocycles. The van der Waals surface area contributed by atoms with E-state index in [9.17, 15) is 0 Å². The first-order valence-corrected chi connectivity index (χ1v) is 27.9. The van der Waals surface area contributed by atoms with Gasteiger partial charge in [0.1, 0.15) is 0 Å². The van der Waals surface area contributed by atoms with Crippen LogP contribution in [0.1, 0.15) is 0 Å². The monoisotopic (exact) mass is 970 g/mol. The average molecular weight is 971 g/mol. The first kappa shape index (κ1) is 44.2. The molecule has 14 rings (SSSR count). The third-order valence-electron chi connectivity index (χ3n) is 15.5. The lowest BCUT2D eigenvalue weighted by Gasteiger charge is -2.34. The number of hydrogen-bond acceptors (Lipinski definition) is 0. The highest BCUT2D eigenvalue weighted by Crippen LogP contribution is 2.40. The predicted octanol–water partition coefficient (Wildman–Crippen LogP) is 15.9. The SMILES string of the molecule is c1ccc(-c2ccc(-n3c4ccccc4c4cc(-c5ccc6c(c5)c5cc(-c7cccc([Si](c8ccccc8)(c8ccccc8)c8ccccc8)c7)ccc5n6-c5ccc(-c6ccccc6)cc5)ccc43)cc2)cc1. The maximum Gasteiger partial charge on any atom is 0.179 e. The molecule has 352 valence electrons. The van der Waals surface area contributed by atoms with Gasteiger partial charge in [-0.1, -0.05) is 237 Å². The van der Waals surface area contributed by atoms with Crippen LogP contribution in [0.4, 0.5) is 0 Å². The van der Waals surface area contributed by atoms with Gasteiger partial charge in [0.15, 0.2) is 8.07 Å². The van der Waals surface area contributed by atoms with Crippen molar-refractivity contribution < 1.29 is 0 Å². The highest BCUT2D eigenvalue weighted by molar-refractivity contribution is 7.19. The molecule has 75 heavy (non-hydrogen) atoms. The molecule has 0 bridgehead atoms. The molecule has 14 aromatic rings. The van der Waals surface area contributed by atoms with Gasteiger partial charge in [-0.3, -0.25) is 0 Å². The van der Waals surface area contributed by atoms with Crippen molar-refractivity contribution in [2.75, 3.05) is 0 Å². The number of hydrogen-bond donors (Lipinski definition) is 0. The van der Waals surface area contributed by atoms with E-state index in [2.05, 4.69) is 312 Å². The second kappa shape index (κ2) is 18.5. The summed E-state index contributed by atoms with van der Waals surface area (Å²) >= 11 is 0. The van der Waals surface area contributed by atoms with E-state index in [1.807, 2.05) is 0 Å². The molecule has 2 heterocycles. The Hall–Kier alpha value is -9.54. The Bertz CT molecular complexity index is 4260. The van der Waals surface area contributed by atoms with Crippen LogP contribution < -0.4 is 20.7 Å². The maximum atomic E-state index is 2.48. The number of fused-ring (bicyclic) bond motifs is 6. The zero-order valence-electron chi connectivity index (χ0n) is 41.3. The molecule has 2 aromatic heterocycles. The summed E-state index contributed by atoms with van der Waals surface area (Å²) < 4.78 is 4.85. The lowest BCUT2D eigenvalue weighted by molar-refractivity contribution is 1.18. The van der Waals surface area contributed by atoms with E-state index in [0.717, 1.165) is 11.4 Å². The fraction of sp³-hybridized carbons (Fsp3) is 0. The van der Waals surface area contributed by atoms with Crippen LogP contribution >= 0.6 is 0 Å². The van der Waals surface area contributed by atoms with Crippen molar-refractivity contribution in [1.82, 2.24) is 9.13 Å². The molecule has 0 amide bonds. The molecule has 0 aliphatic carbocycles. The van der Waals surface area contributed by atoms with Gasteiger partial charge in [0.2, 0.25) is 0 Å². The summed E-state index contributed by atoms with van der Waals surface area (Å²) in [6.45, 7) is 0. The molecule has 0 saturated carbocycles. The smallest absolute Gasteiger partial charge is 0.179 e. The summed E-state index contributed by atoms with van der Waals surface area (Å²) in [7, 11) is -2.75. The first-order valence-electron chi connectivity index (χ1n) is 25.9. The van der Waals surface area contributed by atoms with Crippen molar-refractivity contribution in [2.24, 2.45) is 0 Å². The number of rotatable bonds is 10. The van der Waals surface area contributed by atoms with Gasteiger partial charge in [-0.05, 0) is 132 Å². The highest BCUT2D eigenvalue weighted by Gasteiger charge is 2.41. The van der Waals surface area contributed by atoms with Gasteiger partial charge in [-0.15, -0.1) is 0 Å². The van der Waals surface area contributed by atoms with Crippen molar-refractivity contribution >= 4 is 72.4 Å². The Labute approximate surface area is 438 Å². The molecular weight excluding hydrogens is 921 g/mol. The lowest BCUT2D eigenvalue weighted by Crippen LogP contribution is -2.74. The van der Waals surface area contributed by atoms with Gasteiger partial charge in [0.25, 0.3) is 0 Å². The van der Waals surface area contributed by atoms with Crippen LogP contribution in [0, 0.1) is 0 Å². The maximum absolute atomic E-state index is 2.75. The molecule has 0 unspecified atom stereocenters. The van der Waals surface area contributed by atoms with Crippen LogP contribution in [0.3, 0.4) is 0 Å². The van der Waals surface area contributed by atoms with Crippen molar-refractivity contribution in [3.05, 3.63) is 303 Å². The summed E-state index contributed by atoms with van der Waals surface area (Å²) in [4.78, 5) is 0. The van der Waals surface area contributed by atoms with Gasteiger partial charge in [0.05, 0.1) is 22.1 Å². The van der Waals surface area contributed by atoms with Gasteiger partial charge in [0, 0.05) is 32.9 Å². The third-order valence-corrected chi connectivity index (χ3v) is 20.3. The molecule has 0 aliphatic rings. The largest absolute Gasteiger partial charge is 0.309 e. The average Bonchev–Trinajstić information content (AvgIpc) is 4.00. The molecule has 12 aromatic carbocycles. The Kier molecular flexibility index (Phi) is 10.9.